The Labute approximate surface area is 182 Å². The summed E-state index contributed by atoms with van der Waals surface area (Å²) in [6.45, 7) is 2.30. The summed E-state index contributed by atoms with van der Waals surface area (Å²) in [6, 6.07) is 0. The second-order valence-corrected chi connectivity index (χ2v) is 9.25. The SMILES string of the molecule is CCCCCCCCCCCCCCCCCCCCCCCCCC=C[P]. The van der Waals surface area contributed by atoms with Gasteiger partial charge >= 0.3 is 0 Å². The van der Waals surface area contributed by atoms with E-state index in [-0.39, 0.29) is 0 Å². The number of hydrogen-bond acceptors (Lipinski definition) is 0. The number of hydrogen-bond donors (Lipinski definition) is 0. The van der Waals surface area contributed by atoms with E-state index in [0.717, 1.165) is 0 Å². The Bertz CT molecular complexity index is 284. The summed E-state index contributed by atoms with van der Waals surface area (Å²) in [5.74, 6) is 1.87. The van der Waals surface area contributed by atoms with Gasteiger partial charge in [0.15, 0.2) is 0 Å². The molecule has 0 aliphatic heterocycles. The number of rotatable bonds is 24. The van der Waals surface area contributed by atoms with Crippen molar-refractivity contribution < 1.29 is 0 Å². The van der Waals surface area contributed by atoms with Crippen molar-refractivity contribution in [1.29, 1.82) is 0 Å². The highest BCUT2D eigenvalue weighted by Crippen LogP contribution is 2.15. The van der Waals surface area contributed by atoms with Crippen molar-refractivity contribution in [1.82, 2.24) is 0 Å². The molecule has 1 heteroatoms. The van der Waals surface area contributed by atoms with Crippen molar-refractivity contribution in [3.05, 3.63) is 11.9 Å². The van der Waals surface area contributed by atoms with E-state index in [4.69, 9.17) is 0 Å². The molecule has 2 radical (unpaired) electrons. The van der Waals surface area contributed by atoms with Crippen molar-refractivity contribution in [3.8, 4) is 0 Å². The third kappa shape index (κ3) is 26.2. The number of unbranched alkanes of at least 4 members (excludes halogenated alkanes) is 23. The molecule has 0 N–H and O–H groups in total. The van der Waals surface area contributed by atoms with Gasteiger partial charge in [0.2, 0.25) is 0 Å². The monoisotopic (exact) mass is 408 g/mol. The zero-order chi connectivity index (χ0) is 20.4. The first-order valence-corrected chi connectivity index (χ1v) is 13.7. The molecule has 0 aliphatic rings. The molecule has 0 heterocycles. The molecule has 0 amide bonds. The van der Waals surface area contributed by atoms with Gasteiger partial charge in [-0.05, 0) is 22.1 Å². The molecule has 28 heavy (non-hydrogen) atoms. The summed E-state index contributed by atoms with van der Waals surface area (Å²) in [5.41, 5.74) is 0. The fraction of sp³-hybridized carbons (Fsp3) is 0.926. The maximum atomic E-state index is 4.09. The van der Waals surface area contributed by atoms with Crippen molar-refractivity contribution in [2.75, 3.05) is 0 Å². The predicted molar refractivity (Wildman–Crippen MR) is 133 cm³/mol. The topological polar surface area (TPSA) is 0 Å². The molecule has 0 saturated heterocycles. The first kappa shape index (κ1) is 28.2. The highest BCUT2D eigenvalue weighted by atomic mass is 31.0. The Balaban J connectivity index is 2.98. The van der Waals surface area contributed by atoms with Crippen LogP contribution >= 0.6 is 9.24 Å². The number of allylic oxidation sites excluding steroid dienone is 1. The minimum atomic E-state index is 1.21. The molecule has 0 atom stereocenters. The molecule has 0 aliphatic carbocycles. The molecule has 0 aromatic carbocycles. The van der Waals surface area contributed by atoms with E-state index in [9.17, 15) is 0 Å². The largest absolute Gasteiger partial charge is 0.0834 e. The maximum absolute atomic E-state index is 4.09. The lowest BCUT2D eigenvalue weighted by Crippen LogP contribution is -1.84. The quantitative estimate of drug-likeness (QED) is 0.110. The third-order valence-corrected chi connectivity index (χ3v) is 6.29. The first-order valence-electron chi connectivity index (χ1n) is 13.2. The van der Waals surface area contributed by atoms with Gasteiger partial charge in [0, 0.05) is 0 Å². The lowest BCUT2D eigenvalue weighted by molar-refractivity contribution is 0.518. The summed E-state index contributed by atoms with van der Waals surface area (Å²) in [7, 11) is 4.09. The molecular formula is C27H53P. The van der Waals surface area contributed by atoms with Crippen LogP contribution in [0, 0.1) is 0 Å². The summed E-state index contributed by atoms with van der Waals surface area (Å²) in [6.07, 6.45) is 37.0. The van der Waals surface area contributed by atoms with Crippen LogP contribution in [0.15, 0.2) is 11.9 Å². The fourth-order valence-corrected chi connectivity index (χ4v) is 4.27. The van der Waals surface area contributed by atoms with Crippen LogP contribution in [0.5, 0.6) is 0 Å². The van der Waals surface area contributed by atoms with Crippen LogP contribution in [0.1, 0.15) is 161 Å². The molecular weight excluding hydrogens is 355 g/mol. The molecule has 0 bridgehead atoms. The predicted octanol–water partition coefficient (Wildman–Crippen LogP) is 11.3. The first-order chi connectivity index (χ1) is 13.9. The van der Waals surface area contributed by atoms with E-state index in [1.807, 2.05) is 5.82 Å². The van der Waals surface area contributed by atoms with Gasteiger partial charge in [0.1, 0.15) is 0 Å². The highest BCUT2D eigenvalue weighted by Gasteiger charge is 1.95. The van der Waals surface area contributed by atoms with E-state index in [2.05, 4.69) is 22.2 Å². The van der Waals surface area contributed by atoms with Gasteiger partial charge in [0.05, 0.1) is 0 Å². The molecule has 0 aromatic rings. The smallest absolute Gasteiger partial charge is 0.0146 e. The van der Waals surface area contributed by atoms with E-state index in [0.29, 0.717) is 0 Å². The molecule has 0 rings (SSSR count). The Hall–Kier alpha value is 0.170. The average Bonchev–Trinajstić information content (AvgIpc) is 2.71. The Morgan fingerprint density at radius 3 is 0.893 bits per heavy atom. The third-order valence-electron chi connectivity index (χ3n) is 6.08. The standard InChI is InChI=1S/C27H53P/c1-2-3-4-5-6-7-8-9-10-11-12-13-14-15-16-17-18-19-20-21-22-23-24-25-26-27-28/h26-27H,2-25H2,1H3. The minimum Gasteiger partial charge on any atom is -0.0834 e. The van der Waals surface area contributed by atoms with Gasteiger partial charge < -0.3 is 0 Å². The van der Waals surface area contributed by atoms with Crippen LogP contribution < -0.4 is 0 Å². The molecule has 0 nitrogen and oxygen atoms in total. The van der Waals surface area contributed by atoms with E-state index >= 15 is 0 Å². The van der Waals surface area contributed by atoms with Gasteiger partial charge in [0.25, 0.3) is 0 Å². The molecule has 0 unspecified atom stereocenters. The zero-order valence-corrected chi connectivity index (χ0v) is 20.5. The lowest BCUT2D eigenvalue weighted by Gasteiger charge is -2.04. The van der Waals surface area contributed by atoms with Crippen LogP contribution in [-0.2, 0) is 0 Å². The van der Waals surface area contributed by atoms with E-state index in [1.165, 1.54) is 154 Å². The van der Waals surface area contributed by atoms with Crippen molar-refractivity contribution in [3.63, 3.8) is 0 Å². The van der Waals surface area contributed by atoms with Gasteiger partial charge in [-0.15, -0.1) is 0 Å². The van der Waals surface area contributed by atoms with Crippen LogP contribution in [0.25, 0.3) is 0 Å². The van der Waals surface area contributed by atoms with E-state index < -0.39 is 0 Å². The van der Waals surface area contributed by atoms with E-state index in [1.54, 1.807) is 0 Å². The zero-order valence-electron chi connectivity index (χ0n) is 19.6. The van der Waals surface area contributed by atoms with Gasteiger partial charge in [-0.2, -0.15) is 0 Å². The molecule has 0 saturated carbocycles. The van der Waals surface area contributed by atoms with Crippen molar-refractivity contribution in [2.24, 2.45) is 0 Å². The molecule has 166 valence electrons. The normalized spacial score (nSPS) is 11.6. The molecule has 0 spiro atoms. The summed E-state index contributed by atoms with van der Waals surface area (Å²) < 4.78 is 0. The average molecular weight is 409 g/mol. The lowest BCUT2D eigenvalue weighted by atomic mass is 10.0. The summed E-state index contributed by atoms with van der Waals surface area (Å²) in [5, 5.41) is 0. The molecule has 0 aromatic heterocycles. The van der Waals surface area contributed by atoms with Crippen LogP contribution in [0.4, 0.5) is 0 Å². The van der Waals surface area contributed by atoms with Gasteiger partial charge in [-0.3, -0.25) is 0 Å². The Kier molecular flexibility index (Phi) is 27.3. The van der Waals surface area contributed by atoms with Gasteiger partial charge in [-0.25, -0.2) is 0 Å². The highest BCUT2D eigenvalue weighted by molar-refractivity contribution is 7.20. The van der Waals surface area contributed by atoms with Crippen LogP contribution in [0.2, 0.25) is 0 Å². The second kappa shape index (κ2) is 27.2. The van der Waals surface area contributed by atoms with Crippen molar-refractivity contribution in [2.45, 2.75) is 161 Å². The summed E-state index contributed by atoms with van der Waals surface area (Å²) in [4.78, 5) is 0. The minimum absolute atomic E-state index is 1.21. The van der Waals surface area contributed by atoms with Crippen molar-refractivity contribution >= 4 is 9.24 Å². The summed E-state index contributed by atoms with van der Waals surface area (Å²) >= 11 is 0. The molecule has 0 fully saturated rings. The van der Waals surface area contributed by atoms with Crippen LogP contribution in [-0.4, -0.2) is 0 Å². The Morgan fingerprint density at radius 2 is 0.643 bits per heavy atom. The van der Waals surface area contributed by atoms with Crippen LogP contribution in [0.3, 0.4) is 0 Å². The van der Waals surface area contributed by atoms with Gasteiger partial charge in [-0.1, -0.05) is 160 Å². The fourth-order valence-electron chi connectivity index (χ4n) is 4.12. The maximum Gasteiger partial charge on any atom is -0.0146 e. The second-order valence-electron chi connectivity index (χ2n) is 8.95. The Morgan fingerprint density at radius 1 is 0.393 bits per heavy atom.